The number of ether oxygens (including phenoxy) is 3. The second kappa shape index (κ2) is 8.57. The highest BCUT2D eigenvalue weighted by atomic mass is 19.1. The molecule has 2 fully saturated rings. The Morgan fingerprint density at radius 1 is 1.26 bits per heavy atom. The summed E-state index contributed by atoms with van der Waals surface area (Å²) in [4.78, 5) is 14.1. The summed E-state index contributed by atoms with van der Waals surface area (Å²) in [5.74, 6) is -0.278. The summed E-state index contributed by atoms with van der Waals surface area (Å²) in [6, 6.07) is 4.86. The minimum absolute atomic E-state index is 0.0787. The molecule has 0 bridgehead atoms. The average Bonchev–Trinajstić information content (AvgIpc) is 2.57. The molecular weight excluding hydrogens is 349 g/mol. The van der Waals surface area contributed by atoms with Crippen molar-refractivity contribution in [1.82, 2.24) is 4.90 Å². The molecule has 1 amide bonds. The largest absolute Gasteiger partial charge is 0.444 e. The van der Waals surface area contributed by atoms with E-state index in [1.807, 2.05) is 20.8 Å². The smallest absolute Gasteiger partial charge is 0.410 e. The molecule has 3 rings (SSSR count). The van der Waals surface area contributed by atoms with Crippen molar-refractivity contribution in [2.45, 2.75) is 77.4 Å². The second-order valence-corrected chi connectivity index (χ2v) is 8.34. The monoisotopic (exact) mass is 379 g/mol. The van der Waals surface area contributed by atoms with Gasteiger partial charge in [-0.2, -0.15) is 0 Å². The van der Waals surface area contributed by atoms with Crippen LogP contribution in [0.3, 0.4) is 0 Å². The lowest BCUT2D eigenvalue weighted by Crippen LogP contribution is -2.53. The van der Waals surface area contributed by atoms with Crippen LogP contribution in [0.25, 0.3) is 0 Å². The highest BCUT2D eigenvalue weighted by Crippen LogP contribution is 2.27. The standard InChI is InChI=1S/C21H30FNO4/c1-21(2,3)27-20(24)23-10-9-18(23)13-15-7-8-17(22)12-16(15)14-26-19-6-4-5-11-25-19/h7-8,12,18-19H,4-6,9-11,13-14H2,1-3H3. The zero-order valence-corrected chi connectivity index (χ0v) is 16.5. The van der Waals surface area contributed by atoms with Crippen LogP contribution >= 0.6 is 0 Å². The molecule has 2 aliphatic rings. The van der Waals surface area contributed by atoms with Crippen molar-refractivity contribution in [1.29, 1.82) is 0 Å². The van der Waals surface area contributed by atoms with Crippen molar-refractivity contribution in [2.75, 3.05) is 13.2 Å². The van der Waals surface area contributed by atoms with Crippen LogP contribution in [0.15, 0.2) is 18.2 Å². The van der Waals surface area contributed by atoms with Gasteiger partial charge >= 0.3 is 6.09 Å². The van der Waals surface area contributed by atoms with Gasteiger partial charge in [0.05, 0.1) is 6.61 Å². The number of carbonyl (C=O) groups excluding carboxylic acids is 1. The summed E-state index contributed by atoms with van der Waals surface area (Å²) in [6.45, 7) is 7.32. The zero-order chi connectivity index (χ0) is 19.4. The van der Waals surface area contributed by atoms with Crippen LogP contribution in [0.1, 0.15) is 57.6 Å². The number of halogens is 1. The van der Waals surface area contributed by atoms with Gasteiger partial charge in [-0.05, 0) is 76.1 Å². The summed E-state index contributed by atoms with van der Waals surface area (Å²) in [5, 5.41) is 0. The minimum atomic E-state index is -0.508. The van der Waals surface area contributed by atoms with E-state index in [9.17, 15) is 9.18 Å². The molecule has 2 saturated heterocycles. The minimum Gasteiger partial charge on any atom is -0.444 e. The van der Waals surface area contributed by atoms with E-state index in [-0.39, 0.29) is 24.2 Å². The molecule has 2 aliphatic heterocycles. The molecule has 0 spiro atoms. The summed E-state index contributed by atoms with van der Waals surface area (Å²) >= 11 is 0. The molecule has 1 aromatic carbocycles. The van der Waals surface area contributed by atoms with Gasteiger partial charge in [0.1, 0.15) is 11.4 Å². The topological polar surface area (TPSA) is 48.0 Å². The number of hydrogen-bond donors (Lipinski definition) is 0. The Balaban J connectivity index is 1.61. The van der Waals surface area contributed by atoms with Crippen LogP contribution in [0.4, 0.5) is 9.18 Å². The van der Waals surface area contributed by atoms with Crippen molar-refractivity contribution < 1.29 is 23.4 Å². The number of amides is 1. The zero-order valence-electron chi connectivity index (χ0n) is 16.5. The van der Waals surface area contributed by atoms with Gasteiger partial charge in [0.2, 0.25) is 0 Å². The van der Waals surface area contributed by atoms with Crippen LogP contribution in [0, 0.1) is 5.82 Å². The van der Waals surface area contributed by atoms with E-state index in [1.54, 1.807) is 11.0 Å². The van der Waals surface area contributed by atoms with Gasteiger partial charge < -0.3 is 19.1 Å². The van der Waals surface area contributed by atoms with Gasteiger partial charge in [-0.25, -0.2) is 9.18 Å². The number of rotatable bonds is 5. The molecule has 2 heterocycles. The first-order valence-electron chi connectivity index (χ1n) is 9.82. The quantitative estimate of drug-likeness (QED) is 0.760. The molecule has 1 aromatic rings. The maximum Gasteiger partial charge on any atom is 0.410 e. The lowest BCUT2D eigenvalue weighted by Gasteiger charge is -2.41. The summed E-state index contributed by atoms with van der Waals surface area (Å²) in [5.41, 5.74) is 1.32. The molecular formula is C21H30FNO4. The normalized spacial score (nSPS) is 23.0. The Bertz CT molecular complexity index is 652. The molecule has 0 aliphatic carbocycles. The maximum absolute atomic E-state index is 13.8. The van der Waals surface area contributed by atoms with Crippen LogP contribution < -0.4 is 0 Å². The summed E-state index contributed by atoms with van der Waals surface area (Å²) < 4.78 is 30.7. The highest BCUT2D eigenvalue weighted by Gasteiger charge is 2.35. The Kier molecular flexibility index (Phi) is 6.37. The molecule has 2 unspecified atom stereocenters. The Hall–Kier alpha value is -1.66. The van der Waals surface area contributed by atoms with Crippen LogP contribution in [0.2, 0.25) is 0 Å². The lowest BCUT2D eigenvalue weighted by molar-refractivity contribution is -0.169. The van der Waals surface area contributed by atoms with Gasteiger partial charge in [-0.3, -0.25) is 0 Å². The van der Waals surface area contributed by atoms with Crippen molar-refractivity contribution in [2.24, 2.45) is 0 Å². The lowest BCUT2D eigenvalue weighted by atomic mass is 9.93. The van der Waals surface area contributed by atoms with E-state index in [1.165, 1.54) is 12.1 Å². The molecule has 0 N–H and O–H groups in total. The molecule has 0 aromatic heterocycles. The predicted molar refractivity (Wildman–Crippen MR) is 99.8 cm³/mol. The molecule has 150 valence electrons. The fourth-order valence-corrected chi connectivity index (χ4v) is 3.42. The first kappa shape index (κ1) is 20.1. The Labute approximate surface area is 160 Å². The predicted octanol–water partition coefficient (Wildman–Crippen LogP) is 4.42. The van der Waals surface area contributed by atoms with Crippen LogP contribution in [-0.4, -0.2) is 42.1 Å². The van der Waals surface area contributed by atoms with E-state index >= 15 is 0 Å². The summed E-state index contributed by atoms with van der Waals surface area (Å²) in [7, 11) is 0. The summed E-state index contributed by atoms with van der Waals surface area (Å²) in [6.07, 6.45) is 4.12. The van der Waals surface area contributed by atoms with Crippen LogP contribution in [-0.2, 0) is 27.2 Å². The van der Waals surface area contributed by atoms with E-state index in [2.05, 4.69) is 0 Å². The first-order chi connectivity index (χ1) is 12.8. The van der Waals surface area contributed by atoms with E-state index in [4.69, 9.17) is 14.2 Å². The third-order valence-corrected chi connectivity index (χ3v) is 4.96. The second-order valence-electron chi connectivity index (χ2n) is 8.34. The molecule has 27 heavy (non-hydrogen) atoms. The molecule has 6 heteroatoms. The third-order valence-electron chi connectivity index (χ3n) is 4.96. The Morgan fingerprint density at radius 2 is 2.07 bits per heavy atom. The fourth-order valence-electron chi connectivity index (χ4n) is 3.42. The number of carbonyl (C=O) groups is 1. The van der Waals surface area contributed by atoms with Crippen molar-refractivity contribution in [3.05, 3.63) is 35.1 Å². The highest BCUT2D eigenvalue weighted by molar-refractivity contribution is 5.69. The average molecular weight is 379 g/mol. The Morgan fingerprint density at radius 3 is 2.70 bits per heavy atom. The van der Waals surface area contributed by atoms with E-state index in [0.717, 1.165) is 36.8 Å². The number of nitrogens with zero attached hydrogens (tertiary/aromatic N) is 1. The molecule has 5 nitrogen and oxygen atoms in total. The SMILES string of the molecule is CC(C)(C)OC(=O)N1CCC1Cc1ccc(F)cc1COC1CCCCO1. The first-order valence-corrected chi connectivity index (χ1v) is 9.82. The number of likely N-dealkylation sites (tertiary alicyclic amines) is 1. The third kappa shape index (κ3) is 5.66. The van der Waals surface area contributed by atoms with Gasteiger partial charge in [-0.1, -0.05) is 6.07 Å². The molecule has 2 atom stereocenters. The van der Waals surface area contributed by atoms with Crippen molar-refractivity contribution in [3.8, 4) is 0 Å². The van der Waals surface area contributed by atoms with E-state index < -0.39 is 5.60 Å². The number of benzene rings is 1. The molecule has 0 saturated carbocycles. The number of hydrogen-bond acceptors (Lipinski definition) is 4. The van der Waals surface area contributed by atoms with Gasteiger partial charge in [0.25, 0.3) is 0 Å². The van der Waals surface area contributed by atoms with Gasteiger partial charge in [0.15, 0.2) is 6.29 Å². The van der Waals surface area contributed by atoms with Gasteiger partial charge in [-0.15, -0.1) is 0 Å². The maximum atomic E-state index is 13.8. The van der Waals surface area contributed by atoms with Crippen molar-refractivity contribution >= 4 is 6.09 Å². The van der Waals surface area contributed by atoms with E-state index in [0.29, 0.717) is 26.2 Å². The molecule has 0 radical (unpaired) electrons. The fraction of sp³-hybridized carbons (Fsp3) is 0.667. The van der Waals surface area contributed by atoms with Crippen LogP contribution in [0.5, 0.6) is 0 Å². The van der Waals surface area contributed by atoms with Gasteiger partial charge in [0, 0.05) is 19.2 Å². The van der Waals surface area contributed by atoms with Crippen molar-refractivity contribution in [3.63, 3.8) is 0 Å².